The van der Waals surface area contributed by atoms with Crippen LogP contribution in [-0.4, -0.2) is 155 Å². The van der Waals surface area contributed by atoms with Crippen molar-refractivity contribution in [1.29, 1.82) is 0 Å². The van der Waals surface area contributed by atoms with E-state index in [0.29, 0.717) is 6.92 Å². The lowest BCUT2D eigenvalue weighted by atomic mass is 10.0. The Labute approximate surface area is 408 Å². The van der Waals surface area contributed by atoms with Gasteiger partial charge in [0, 0.05) is 33.5 Å². The predicted molar refractivity (Wildman–Crippen MR) is 182 cm³/mol. The van der Waals surface area contributed by atoms with Crippen LogP contribution in [0.2, 0.25) is 0 Å². The first kappa shape index (κ1) is 79.0. The van der Waals surface area contributed by atoms with Crippen molar-refractivity contribution in [3.8, 4) is 0 Å². The van der Waals surface area contributed by atoms with Gasteiger partial charge in [0.1, 0.15) is 0 Å². The molecule has 0 spiro atoms. The Hall–Kier alpha value is -4.45. The number of carbonyl (C=O) groups excluding carboxylic acids is 4. The van der Waals surface area contributed by atoms with E-state index < -0.39 is 153 Å². The van der Waals surface area contributed by atoms with Crippen molar-refractivity contribution < 1.29 is 193 Å². The second-order valence-electron chi connectivity index (χ2n) is 13.8. The molecule has 0 aromatic heterocycles. The summed E-state index contributed by atoms with van der Waals surface area (Å²) in [6.07, 6.45) is -51.6. The number of methoxy groups -OCH3 is 2. The van der Waals surface area contributed by atoms with Crippen LogP contribution in [0.5, 0.6) is 0 Å². The molecule has 0 saturated heterocycles. The molecular weight excluding hydrogens is 1190 g/mol. The van der Waals surface area contributed by atoms with Gasteiger partial charge in [-0.05, 0) is 20.8 Å². The standard InChI is InChI=1S/C9H5F11O4.C9H16O5.C8H7F11O2.C8H9F9O/c1-5(10,4(22)24-9(19,20)7(14,15)16)2-3(21)23-8(17,18)6(11,12)13;1-4-13-8(10)6-7(12-3)9(11)14-5-2;1-20-7(15,16)6(13,14)5(11,12)4(9,10)2-3-21-8(17,18)19;1-2-5(9,10)7(13,14)6(11,12)3-4-18-8(15,16)17/h2H2,1H3;7H,4-6H2,1-3H3;2-3H2,1H3;2-4H2,1H3. The molecule has 12 nitrogen and oxygen atoms in total. The van der Waals surface area contributed by atoms with E-state index >= 15 is 0 Å². The average molecular weight is 1230 g/mol. The fourth-order valence-electron chi connectivity index (χ4n) is 3.66. The summed E-state index contributed by atoms with van der Waals surface area (Å²) >= 11 is 0. The van der Waals surface area contributed by atoms with Crippen LogP contribution in [0.1, 0.15) is 59.8 Å². The molecule has 0 N–H and O–H groups in total. The number of ether oxygens (including phenoxy) is 8. The van der Waals surface area contributed by atoms with Crippen molar-refractivity contribution in [2.45, 2.75) is 151 Å². The number of hydrogen-bond donors (Lipinski definition) is 0. The van der Waals surface area contributed by atoms with Gasteiger partial charge in [0.2, 0.25) is 5.67 Å². The molecule has 462 valence electrons. The molecule has 0 heterocycles. The Balaban J connectivity index is -0.000000469. The minimum Gasteiger partial charge on any atom is -0.466 e. The molecule has 2 atom stereocenters. The predicted octanol–water partition coefficient (Wildman–Crippen LogP) is 12.3. The summed E-state index contributed by atoms with van der Waals surface area (Å²) in [7, 11) is 1.20. The molecule has 77 heavy (non-hydrogen) atoms. The third-order valence-electron chi connectivity index (χ3n) is 7.72. The lowest BCUT2D eigenvalue weighted by Gasteiger charge is -2.35. The van der Waals surface area contributed by atoms with E-state index in [1.165, 1.54) is 7.11 Å². The Bertz CT molecular complexity index is 1810. The van der Waals surface area contributed by atoms with E-state index in [0.717, 1.165) is 0 Å². The number of esters is 4. The van der Waals surface area contributed by atoms with Gasteiger partial charge in [0.05, 0.1) is 39.3 Å². The Morgan fingerprint density at radius 2 is 0.805 bits per heavy atom. The largest absolute Gasteiger partial charge is 0.522 e. The molecule has 43 heteroatoms. The first-order valence-corrected chi connectivity index (χ1v) is 19.2. The van der Waals surface area contributed by atoms with E-state index in [9.17, 15) is 155 Å². The number of carbonyl (C=O) groups is 4. The molecule has 0 amide bonds. The van der Waals surface area contributed by atoms with Crippen molar-refractivity contribution in [2.75, 3.05) is 40.6 Å². The zero-order valence-corrected chi connectivity index (χ0v) is 38.6. The molecule has 0 fully saturated rings. The van der Waals surface area contributed by atoms with E-state index in [1.807, 2.05) is 0 Å². The fourth-order valence-corrected chi connectivity index (χ4v) is 3.66. The third kappa shape index (κ3) is 25.0. The molecule has 0 aliphatic heterocycles. The average Bonchev–Trinajstić information content (AvgIpc) is 3.20. The van der Waals surface area contributed by atoms with Crippen molar-refractivity contribution in [3.05, 3.63) is 0 Å². The highest BCUT2D eigenvalue weighted by atomic mass is 19.4. The van der Waals surface area contributed by atoms with Gasteiger partial charge in [0.25, 0.3) is 0 Å². The number of hydrogen-bond acceptors (Lipinski definition) is 12. The first-order chi connectivity index (χ1) is 33.7. The maximum absolute atomic E-state index is 13.5. The number of alkyl halides is 31. The maximum Gasteiger partial charge on any atom is 0.522 e. The van der Waals surface area contributed by atoms with Crippen LogP contribution in [0.25, 0.3) is 0 Å². The molecule has 0 aromatic rings. The second-order valence-corrected chi connectivity index (χ2v) is 13.8. The monoisotopic (exact) mass is 1230 g/mol. The molecule has 2 unspecified atom stereocenters. The van der Waals surface area contributed by atoms with Gasteiger partial charge < -0.3 is 28.4 Å². The molecule has 0 saturated carbocycles. The summed E-state index contributed by atoms with van der Waals surface area (Å²) in [4.78, 5) is 43.7. The molecule has 0 aromatic carbocycles. The van der Waals surface area contributed by atoms with E-state index in [-0.39, 0.29) is 33.7 Å². The summed E-state index contributed by atoms with van der Waals surface area (Å²) in [6.45, 7) is 0.344. The quantitative estimate of drug-likeness (QED) is 0.0516. The minimum absolute atomic E-state index is 0.108. The van der Waals surface area contributed by atoms with Crippen LogP contribution in [0.15, 0.2) is 0 Å². The van der Waals surface area contributed by atoms with Crippen molar-refractivity contribution in [3.63, 3.8) is 0 Å². The van der Waals surface area contributed by atoms with Gasteiger partial charge in [-0.2, -0.15) is 105 Å². The molecule has 0 radical (unpaired) electrons. The van der Waals surface area contributed by atoms with E-state index in [1.54, 1.807) is 13.8 Å². The molecule has 0 rings (SSSR count). The van der Waals surface area contributed by atoms with Gasteiger partial charge in [0.15, 0.2) is 6.10 Å². The van der Waals surface area contributed by atoms with Crippen LogP contribution in [-0.2, 0) is 57.1 Å². The smallest absolute Gasteiger partial charge is 0.466 e. The topological polar surface area (TPSA) is 142 Å². The van der Waals surface area contributed by atoms with Crippen LogP contribution < -0.4 is 0 Å². The van der Waals surface area contributed by atoms with Crippen LogP contribution in [0.4, 0.5) is 136 Å². The van der Waals surface area contributed by atoms with E-state index in [2.05, 4.69) is 28.4 Å². The highest BCUT2D eigenvalue weighted by molar-refractivity contribution is 5.85. The summed E-state index contributed by atoms with van der Waals surface area (Å²) in [5.74, 6) is -42.1. The fraction of sp³-hybridized carbons (Fsp3) is 0.882. The van der Waals surface area contributed by atoms with Crippen molar-refractivity contribution in [2.24, 2.45) is 0 Å². The van der Waals surface area contributed by atoms with E-state index in [4.69, 9.17) is 9.47 Å². The van der Waals surface area contributed by atoms with Gasteiger partial charge in [-0.1, -0.05) is 6.92 Å². The first-order valence-electron chi connectivity index (χ1n) is 19.2. The van der Waals surface area contributed by atoms with Crippen LogP contribution in [0, 0.1) is 0 Å². The van der Waals surface area contributed by atoms with Crippen molar-refractivity contribution in [1.82, 2.24) is 0 Å². The summed E-state index contributed by atoms with van der Waals surface area (Å²) in [6, 6.07) is 0. The lowest BCUT2D eigenvalue weighted by Crippen LogP contribution is -2.62. The maximum atomic E-state index is 13.5. The third-order valence-corrected chi connectivity index (χ3v) is 7.72. The molecule has 0 aliphatic rings. The van der Waals surface area contributed by atoms with Crippen molar-refractivity contribution >= 4 is 23.9 Å². The van der Waals surface area contributed by atoms with Crippen LogP contribution >= 0.6 is 0 Å². The summed E-state index contributed by atoms with van der Waals surface area (Å²) in [5, 5.41) is 0. The molecule has 0 bridgehead atoms. The molecule has 0 aliphatic carbocycles. The van der Waals surface area contributed by atoms with Gasteiger partial charge in [-0.15, -0.1) is 26.3 Å². The zero-order valence-electron chi connectivity index (χ0n) is 38.6. The number of rotatable bonds is 24. The van der Waals surface area contributed by atoms with Crippen LogP contribution in [0.3, 0.4) is 0 Å². The Morgan fingerprint density at radius 3 is 1.12 bits per heavy atom. The number of halogens is 31. The highest BCUT2D eigenvalue weighted by Gasteiger charge is 2.81. The van der Waals surface area contributed by atoms with Gasteiger partial charge in [-0.3, -0.25) is 19.1 Å². The Kier molecular flexibility index (Phi) is 29.4. The summed E-state index contributed by atoms with van der Waals surface area (Å²) in [5.41, 5.74) is -4.12. The molecular formula is C34H37F31O12. The Morgan fingerprint density at radius 1 is 0.442 bits per heavy atom. The lowest BCUT2D eigenvalue weighted by molar-refractivity contribution is -0.424. The zero-order chi connectivity index (χ0) is 62.9. The van der Waals surface area contributed by atoms with Gasteiger partial charge in [-0.25, -0.2) is 14.0 Å². The SMILES string of the molecule is CC(F)(CC(=O)OC(F)(F)C(F)(F)F)C(=O)OC(F)(F)C(F)(F)F.CCC(F)(F)C(F)(F)C(F)(F)CCOC(F)(F)F.CCOC(=O)CC(OC)C(=O)OCC.COC(F)(F)C(F)(F)C(F)(F)C(F)(F)CCOC(F)(F)F. The second kappa shape index (κ2) is 28.6. The normalized spacial score (nSPS) is 15.0. The summed E-state index contributed by atoms with van der Waals surface area (Å²) < 4.78 is 408. The van der Waals surface area contributed by atoms with Gasteiger partial charge >= 0.3 is 103 Å². The highest BCUT2D eigenvalue weighted by Crippen LogP contribution is 2.54. The minimum atomic E-state index is -6.69.